The van der Waals surface area contributed by atoms with Gasteiger partial charge in [0.25, 0.3) is 5.91 Å². The average Bonchev–Trinajstić information content (AvgIpc) is 3.11. The molecule has 3 rings (SSSR count). The minimum absolute atomic E-state index is 0.217. The van der Waals surface area contributed by atoms with Crippen molar-refractivity contribution < 1.29 is 19.1 Å². The largest absolute Gasteiger partial charge is 0.484 e. The van der Waals surface area contributed by atoms with Crippen LogP contribution < -0.4 is 10.1 Å². The summed E-state index contributed by atoms with van der Waals surface area (Å²) in [5.74, 6) is -0.352. The van der Waals surface area contributed by atoms with Crippen molar-refractivity contribution in [1.82, 2.24) is 10.3 Å². The molecule has 3 aromatic rings. The van der Waals surface area contributed by atoms with Crippen LogP contribution in [0.4, 0.5) is 0 Å². The van der Waals surface area contributed by atoms with Gasteiger partial charge in [0.15, 0.2) is 6.61 Å². The molecule has 152 valence electrons. The fourth-order valence-corrected chi connectivity index (χ4v) is 3.17. The first kappa shape index (κ1) is 20.7. The Kier molecular flexibility index (Phi) is 6.77. The molecule has 6 nitrogen and oxygen atoms in total. The van der Waals surface area contributed by atoms with Crippen LogP contribution in [0.5, 0.6) is 5.75 Å². The van der Waals surface area contributed by atoms with E-state index >= 15 is 0 Å². The molecule has 1 atom stereocenters. The maximum atomic E-state index is 12.4. The zero-order valence-corrected chi connectivity index (χ0v) is 17.1. The summed E-state index contributed by atoms with van der Waals surface area (Å²) < 4.78 is 10.7. The van der Waals surface area contributed by atoms with Crippen molar-refractivity contribution in [2.75, 3.05) is 13.2 Å². The molecule has 0 bridgehead atoms. The molecule has 0 saturated carbocycles. The van der Waals surface area contributed by atoms with Crippen molar-refractivity contribution in [1.29, 1.82) is 0 Å². The van der Waals surface area contributed by atoms with Crippen LogP contribution in [0, 0.1) is 6.92 Å². The second-order valence-corrected chi connectivity index (χ2v) is 7.04. The van der Waals surface area contributed by atoms with Crippen LogP contribution >= 0.6 is 11.6 Å². The first-order chi connectivity index (χ1) is 14.0. The van der Waals surface area contributed by atoms with Gasteiger partial charge >= 0.3 is 5.97 Å². The summed E-state index contributed by atoms with van der Waals surface area (Å²) in [6.45, 7) is 3.60. The number of aromatic amines is 1. The maximum absolute atomic E-state index is 12.4. The van der Waals surface area contributed by atoms with Gasteiger partial charge in [-0.1, -0.05) is 29.8 Å². The number of hydrogen-bond acceptors (Lipinski definition) is 4. The van der Waals surface area contributed by atoms with Crippen molar-refractivity contribution in [3.05, 3.63) is 64.8 Å². The third kappa shape index (κ3) is 5.29. The number of para-hydroxylation sites is 1. The molecule has 0 aliphatic heterocycles. The number of carbonyl (C=O) groups excluding carboxylic acids is 2. The molecule has 2 aromatic carbocycles. The molecule has 0 fully saturated rings. The highest BCUT2D eigenvalue weighted by Crippen LogP contribution is 2.21. The highest BCUT2D eigenvalue weighted by atomic mass is 35.5. The summed E-state index contributed by atoms with van der Waals surface area (Å²) in [7, 11) is 0. The number of amides is 1. The van der Waals surface area contributed by atoms with Gasteiger partial charge in [-0.05, 0) is 49.2 Å². The van der Waals surface area contributed by atoms with Crippen molar-refractivity contribution in [2.24, 2.45) is 0 Å². The number of esters is 1. The number of carbonyl (C=O) groups is 2. The van der Waals surface area contributed by atoms with E-state index in [2.05, 4.69) is 10.3 Å². The average molecular weight is 415 g/mol. The van der Waals surface area contributed by atoms with E-state index in [9.17, 15) is 9.59 Å². The standard InChI is InChI=1S/C22H23ClN2O4/c1-3-28-22(27)20(11-15-12-24-19-7-5-4-6-17(15)19)25-21(26)13-29-16-8-9-18(23)14(2)10-16/h4-10,12,20,24H,3,11,13H2,1-2H3,(H,25,26). The fourth-order valence-electron chi connectivity index (χ4n) is 3.05. The second-order valence-electron chi connectivity index (χ2n) is 6.64. The smallest absolute Gasteiger partial charge is 0.328 e. The number of H-pyrrole nitrogens is 1. The molecular weight excluding hydrogens is 392 g/mol. The van der Waals surface area contributed by atoms with Gasteiger partial charge in [0.2, 0.25) is 0 Å². The highest BCUT2D eigenvalue weighted by molar-refractivity contribution is 6.31. The molecule has 1 aromatic heterocycles. The lowest BCUT2D eigenvalue weighted by molar-refractivity contribution is -0.147. The van der Waals surface area contributed by atoms with Crippen molar-refractivity contribution >= 4 is 34.4 Å². The second kappa shape index (κ2) is 9.47. The van der Waals surface area contributed by atoms with Crippen LogP contribution in [-0.4, -0.2) is 36.1 Å². The Labute approximate surface area is 174 Å². The van der Waals surface area contributed by atoms with E-state index in [0.717, 1.165) is 22.0 Å². The van der Waals surface area contributed by atoms with Crippen LogP contribution in [0.3, 0.4) is 0 Å². The summed E-state index contributed by atoms with van der Waals surface area (Å²) in [5.41, 5.74) is 2.75. The topological polar surface area (TPSA) is 80.4 Å². The number of ether oxygens (including phenoxy) is 2. The first-order valence-electron chi connectivity index (χ1n) is 9.38. The van der Waals surface area contributed by atoms with Gasteiger partial charge in [0, 0.05) is 28.5 Å². The summed E-state index contributed by atoms with van der Waals surface area (Å²) in [4.78, 5) is 28.0. The minimum Gasteiger partial charge on any atom is -0.484 e. The van der Waals surface area contributed by atoms with E-state index < -0.39 is 17.9 Å². The molecular formula is C22H23ClN2O4. The summed E-state index contributed by atoms with van der Waals surface area (Å²) in [6, 6.07) is 12.1. The Hall–Kier alpha value is -2.99. The molecule has 1 heterocycles. The highest BCUT2D eigenvalue weighted by Gasteiger charge is 2.24. The molecule has 0 radical (unpaired) electrons. The van der Waals surface area contributed by atoms with Crippen LogP contribution in [0.2, 0.25) is 5.02 Å². The van der Waals surface area contributed by atoms with Gasteiger partial charge in [-0.2, -0.15) is 0 Å². The van der Waals surface area contributed by atoms with E-state index in [1.807, 2.05) is 37.4 Å². The number of hydrogen-bond donors (Lipinski definition) is 2. The Balaban J connectivity index is 1.67. The van der Waals surface area contributed by atoms with Gasteiger partial charge in [-0.25, -0.2) is 4.79 Å². The van der Waals surface area contributed by atoms with E-state index in [4.69, 9.17) is 21.1 Å². The lowest BCUT2D eigenvalue weighted by Gasteiger charge is -2.17. The number of rotatable bonds is 8. The summed E-state index contributed by atoms with van der Waals surface area (Å²) in [6.07, 6.45) is 2.16. The number of halogens is 1. The lowest BCUT2D eigenvalue weighted by Crippen LogP contribution is -2.45. The number of benzene rings is 2. The Morgan fingerprint density at radius 3 is 2.76 bits per heavy atom. The molecule has 0 spiro atoms. The van der Waals surface area contributed by atoms with E-state index in [0.29, 0.717) is 17.2 Å². The molecule has 0 aliphatic carbocycles. The molecule has 1 amide bonds. The van der Waals surface area contributed by atoms with Crippen molar-refractivity contribution in [3.8, 4) is 5.75 Å². The summed E-state index contributed by atoms with van der Waals surface area (Å²) in [5, 5.41) is 4.35. The zero-order valence-electron chi connectivity index (χ0n) is 16.3. The molecule has 2 N–H and O–H groups in total. The SMILES string of the molecule is CCOC(=O)C(Cc1c[nH]c2ccccc12)NC(=O)COc1ccc(Cl)c(C)c1. The Bertz CT molecular complexity index is 1010. The van der Waals surface area contributed by atoms with E-state index in [1.54, 1.807) is 25.1 Å². The van der Waals surface area contributed by atoms with Gasteiger partial charge in [-0.3, -0.25) is 4.79 Å². The quantitative estimate of drug-likeness (QED) is 0.549. The van der Waals surface area contributed by atoms with Crippen molar-refractivity contribution in [3.63, 3.8) is 0 Å². The van der Waals surface area contributed by atoms with Crippen LogP contribution in [-0.2, 0) is 20.7 Å². The predicted molar refractivity (Wildman–Crippen MR) is 112 cm³/mol. The van der Waals surface area contributed by atoms with Gasteiger partial charge in [0.1, 0.15) is 11.8 Å². The summed E-state index contributed by atoms with van der Waals surface area (Å²) >= 11 is 6.00. The number of aryl methyl sites for hydroxylation is 1. The Morgan fingerprint density at radius 2 is 2.00 bits per heavy atom. The molecule has 7 heteroatoms. The van der Waals surface area contributed by atoms with E-state index in [1.165, 1.54) is 0 Å². The third-order valence-corrected chi connectivity index (χ3v) is 4.93. The predicted octanol–water partition coefficient (Wildman–Crippen LogP) is 3.80. The minimum atomic E-state index is -0.808. The van der Waals surface area contributed by atoms with Crippen LogP contribution in [0.1, 0.15) is 18.1 Å². The van der Waals surface area contributed by atoms with Crippen molar-refractivity contribution in [2.45, 2.75) is 26.3 Å². The molecule has 0 saturated heterocycles. The Morgan fingerprint density at radius 1 is 1.21 bits per heavy atom. The first-order valence-corrected chi connectivity index (χ1v) is 9.75. The zero-order chi connectivity index (χ0) is 20.8. The normalized spacial score (nSPS) is 11.8. The van der Waals surface area contributed by atoms with E-state index in [-0.39, 0.29) is 13.2 Å². The van der Waals surface area contributed by atoms with Gasteiger partial charge in [0.05, 0.1) is 6.61 Å². The number of aromatic nitrogens is 1. The lowest BCUT2D eigenvalue weighted by atomic mass is 10.0. The van der Waals surface area contributed by atoms with Crippen LogP contribution in [0.15, 0.2) is 48.7 Å². The molecule has 0 aliphatic rings. The molecule has 1 unspecified atom stereocenters. The fraction of sp³-hybridized carbons (Fsp3) is 0.273. The monoisotopic (exact) mass is 414 g/mol. The van der Waals surface area contributed by atoms with Gasteiger partial charge in [-0.15, -0.1) is 0 Å². The van der Waals surface area contributed by atoms with Gasteiger partial charge < -0.3 is 19.8 Å². The maximum Gasteiger partial charge on any atom is 0.328 e. The number of fused-ring (bicyclic) bond motifs is 1. The molecule has 29 heavy (non-hydrogen) atoms. The number of nitrogens with one attached hydrogen (secondary N) is 2. The third-order valence-electron chi connectivity index (χ3n) is 4.50. The van der Waals surface area contributed by atoms with Crippen LogP contribution in [0.25, 0.3) is 10.9 Å².